The van der Waals surface area contributed by atoms with Gasteiger partial charge in [0.2, 0.25) is 17.8 Å². The number of methoxy groups -OCH3 is 1. The van der Waals surface area contributed by atoms with E-state index in [1.165, 1.54) is 6.07 Å². The number of anilines is 1. The Morgan fingerprint density at radius 1 is 0.873 bits per heavy atom. The molecular weight excluding hydrogens is 710 g/mol. The van der Waals surface area contributed by atoms with Crippen LogP contribution in [0.3, 0.4) is 0 Å². The molecule has 6 rings (SSSR count). The van der Waals surface area contributed by atoms with Gasteiger partial charge in [-0.2, -0.15) is 5.10 Å². The van der Waals surface area contributed by atoms with Crippen LogP contribution in [-0.2, 0) is 24.4 Å². The molecule has 3 amide bonds. The summed E-state index contributed by atoms with van der Waals surface area (Å²) in [5.74, 6) is 0.192. The Bertz CT molecular complexity index is 2430. The van der Waals surface area contributed by atoms with Crippen LogP contribution in [0.25, 0.3) is 44.5 Å². The number of hydrogen-bond donors (Lipinski definition) is 5. The summed E-state index contributed by atoms with van der Waals surface area (Å²) in [6, 6.07) is 8.36. The molecule has 18 nitrogen and oxygen atoms in total. The number of carbonyl (C=O) groups excluding carboxylic acids is 2. The Kier molecular flexibility index (Phi) is 11.4. The maximum absolute atomic E-state index is 12.5. The molecule has 0 atom stereocenters. The highest BCUT2D eigenvalue weighted by Crippen LogP contribution is 2.37. The van der Waals surface area contributed by atoms with Crippen molar-refractivity contribution in [3.63, 3.8) is 0 Å². The van der Waals surface area contributed by atoms with E-state index in [0.29, 0.717) is 89.4 Å². The molecule has 2 aromatic carbocycles. The van der Waals surface area contributed by atoms with Crippen LogP contribution in [0.5, 0.6) is 11.5 Å². The predicted octanol–water partition coefficient (Wildman–Crippen LogP) is 3.61. The predicted molar refractivity (Wildman–Crippen MR) is 205 cm³/mol. The molecule has 0 bridgehead atoms. The first-order chi connectivity index (χ1) is 26.5. The molecule has 6 aromatic rings. The number of nitrogens with one attached hydrogen (secondary N) is 1. The molecule has 4 heterocycles. The first-order valence-corrected chi connectivity index (χ1v) is 17.6. The number of nitrogens with zero attached hydrogens (tertiary/aromatic N) is 7. The Hall–Kier alpha value is -6.69. The lowest BCUT2D eigenvalue weighted by Crippen LogP contribution is -2.23. The fraction of sp³-hybridized carbons (Fsp3) is 0.324. The summed E-state index contributed by atoms with van der Waals surface area (Å²) < 4.78 is 23.1. The van der Waals surface area contributed by atoms with Crippen molar-refractivity contribution < 1.29 is 33.7 Å². The van der Waals surface area contributed by atoms with Gasteiger partial charge in [0.25, 0.3) is 0 Å². The minimum absolute atomic E-state index is 0.155. The van der Waals surface area contributed by atoms with Crippen LogP contribution in [0.15, 0.2) is 48.7 Å². The summed E-state index contributed by atoms with van der Waals surface area (Å²) in [5.41, 5.74) is 22.1. The van der Waals surface area contributed by atoms with Crippen molar-refractivity contribution in [2.24, 2.45) is 11.5 Å². The maximum atomic E-state index is 12.5. The van der Waals surface area contributed by atoms with Gasteiger partial charge in [0.05, 0.1) is 29.9 Å². The summed E-state index contributed by atoms with van der Waals surface area (Å²) in [6.45, 7) is 6.29. The number of hydrogen-bond acceptors (Lipinski definition) is 11. The third-order valence-electron chi connectivity index (χ3n) is 8.84. The molecule has 18 heteroatoms. The van der Waals surface area contributed by atoms with E-state index < -0.39 is 17.9 Å². The third kappa shape index (κ3) is 8.13. The Balaban J connectivity index is 1.40. The summed E-state index contributed by atoms with van der Waals surface area (Å²) in [5, 5.41) is 17.1. The molecule has 0 unspecified atom stereocenters. The van der Waals surface area contributed by atoms with Crippen LogP contribution in [0.2, 0.25) is 0 Å². The number of carboxylic acid groups (broad SMARTS) is 1. The number of primary amides is 2. The van der Waals surface area contributed by atoms with Crippen LogP contribution in [0.1, 0.15) is 46.2 Å². The zero-order valence-electron chi connectivity index (χ0n) is 30.7. The monoisotopic (exact) mass is 753 g/mol. The van der Waals surface area contributed by atoms with Crippen molar-refractivity contribution in [3.05, 3.63) is 65.5 Å². The molecule has 8 N–H and O–H groups in total. The quantitative estimate of drug-likeness (QED) is 0.0623. The Labute approximate surface area is 314 Å². The number of allylic oxidation sites excluding steroid dienone is 2. The van der Waals surface area contributed by atoms with Crippen LogP contribution in [-0.4, -0.2) is 90.4 Å². The molecule has 0 fully saturated rings. The minimum atomic E-state index is -1.13. The number of imidazole rings is 1. The van der Waals surface area contributed by atoms with Gasteiger partial charge in [0.1, 0.15) is 28.4 Å². The number of aromatic nitrogens is 7. The Morgan fingerprint density at radius 2 is 1.55 bits per heavy atom. The lowest BCUT2D eigenvalue weighted by Gasteiger charge is -2.13. The van der Waals surface area contributed by atoms with Crippen molar-refractivity contribution in [2.45, 2.75) is 46.3 Å². The zero-order valence-corrected chi connectivity index (χ0v) is 30.7. The minimum Gasteiger partial charge on any atom is -0.491 e. The molecule has 0 aliphatic carbocycles. The van der Waals surface area contributed by atoms with Gasteiger partial charge in [-0.25, -0.2) is 19.7 Å². The fourth-order valence-corrected chi connectivity index (χ4v) is 6.37. The van der Waals surface area contributed by atoms with Crippen molar-refractivity contribution in [1.82, 2.24) is 39.2 Å². The molecule has 55 heavy (non-hydrogen) atoms. The number of aryl methyl sites for hydroxylation is 2. The van der Waals surface area contributed by atoms with Crippen molar-refractivity contribution in [3.8, 4) is 23.0 Å². The number of nitrogens with two attached hydrogens (primary N) is 3. The molecule has 0 radical (unpaired) electrons. The highest BCUT2D eigenvalue weighted by atomic mass is 16.5. The van der Waals surface area contributed by atoms with E-state index in [1.54, 1.807) is 36.1 Å². The third-order valence-corrected chi connectivity index (χ3v) is 8.84. The molecule has 0 aliphatic heterocycles. The van der Waals surface area contributed by atoms with Gasteiger partial charge in [-0.1, -0.05) is 12.2 Å². The molecule has 0 saturated carbocycles. The second-order valence-electron chi connectivity index (χ2n) is 12.7. The van der Waals surface area contributed by atoms with Crippen LogP contribution in [0.4, 0.5) is 10.7 Å². The van der Waals surface area contributed by atoms with Crippen molar-refractivity contribution in [1.29, 1.82) is 0 Å². The standard InChI is InChI=1S/C37H43N11O7/c1-4-48-27(15-21(2)45-48)34-42-20-25-24-16-22(32(38)49)18-28(55-14-8-12-53-3)30(24)46(35(25)44-34)10-5-6-11-47-31-26(43-36(47)40)17-23(33(39)50)19-29(31)54-13-7-9-41-37(51)52/h5-6,15-20,41H,4,7-14H2,1-3H3,(H2,38,49)(H2,39,50)(H2,40,43)(H,51,52)/b6-5+. The van der Waals surface area contributed by atoms with Gasteiger partial charge in [-0.05, 0) is 50.6 Å². The number of nitrogen functional groups attached to an aromatic ring is 1. The van der Waals surface area contributed by atoms with Gasteiger partial charge < -0.3 is 51.0 Å². The lowest BCUT2D eigenvalue weighted by molar-refractivity contribution is 0.0991. The van der Waals surface area contributed by atoms with Crippen LogP contribution in [0, 0.1) is 6.92 Å². The van der Waals surface area contributed by atoms with Gasteiger partial charge >= 0.3 is 6.09 Å². The van der Waals surface area contributed by atoms with E-state index in [2.05, 4.69) is 15.4 Å². The molecule has 288 valence electrons. The van der Waals surface area contributed by atoms with E-state index in [9.17, 15) is 14.4 Å². The molecular formula is C37H43N11O7. The molecule has 4 aromatic heterocycles. The average molecular weight is 754 g/mol. The maximum Gasteiger partial charge on any atom is 0.404 e. The number of carbonyl (C=O) groups is 3. The summed E-state index contributed by atoms with van der Waals surface area (Å²) >= 11 is 0. The number of ether oxygens (including phenoxy) is 3. The fourth-order valence-electron chi connectivity index (χ4n) is 6.37. The molecule has 0 spiro atoms. The second kappa shape index (κ2) is 16.5. The summed E-state index contributed by atoms with van der Waals surface area (Å²) in [6.07, 6.45) is 5.45. The molecule has 0 saturated heterocycles. The highest BCUT2D eigenvalue weighted by Gasteiger charge is 2.22. The van der Waals surface area contributed by atoms with Crippen molar-refractivity contribution in [2.75, 3.05) is 39.2 Å². The van der Waals surface area contributed by atoms with E-state index in [4.69, 9.17) is 46.5 Å². The lowest BCUT2D eigenvalue weighted by atomic mass is 10.1. The largest absolute Gasteiger partial charge is 0.491 e. The summed E-state index contributed by atoms with van der Waals surface area (Å²) in [4.78, 5) is 49.6. The van der Waals surface area contributed by atoms with Crippen molar-refractivity contribution >= 4 is 56.8 Å². The number of rotatable bonds is 18. The number of benzene rings is 2. The average Bonchev–Trinajstić information content (AvgIpc) is 3.80. The van der Waals surface area contributed by atoms with E-state index in [1.807, 2.05) is 41.3 Å². The van der Waals surface area contributed by atoms with E-state index in [0.717, 1.165) is 11.4 Å². The zero-order chi connectivity index (χ0) is 39.2. The highest BCUT2D eigenvalue weighted by molar-refractivity contribution is 6.11. The SMILES string of the molecule is CCn1nc(C)cc1-c1ncc2c3cc(C(N)=O)cc(OCCCOC)c3n(C/C=C/Cn3c(N)nc4cc(C(N)=O)cc(OCCCNC(=O)O)c43)c2n1. The van der Waals surface area contributed by atoms with Gasteiger partial charge in [-0.3, -0.25) is 14.3 Å². The number of amides is 3. The normalized spacial score (nSPS) is 11.6. The van der Waals surface area contributed by atoms with Crippen LogP contribution < -0.4 is 32.0 Å². The topological polar surface area (TPSA) is 256 Å². The first kappa shape index (κ1) is 38.0. The van der Waals surface area contributed by atoms with Crippen LogP contribution >= 0.6 is 0 Å². The van der Waals surface area contributed by atoms with E-state index in [-0.39, 0.29) is 36.8 Å². The Morgan fingerprint density at radius 3 is 2.22 bits per heavy atom. The van der Waals surface area contributed by atoms with Gasteiger partial charge in [0, 0.05) is 74.4 Å². The second-order valence-corrected chi connectivity index (χ2v) is 12.7. The molecule has 0 aliphatic rings. The van der Waals surface area contributed by atoms with E-state index >= 15 is 0 Å². The first-order valence-electron chi connectivity index (χ1n) is 17.6. The number of fused-ring (bicyclic) bond motifs is 4. The summed E-state index contributed by atoms with van der Waals surface area (Å²) in [7, 11) is 1.62. The van der Waals surface area contributed by atoms with Gasteiger partial charge in [-0.15, -0.1) is 0 Å². The smallest absolute Gasteiger partial charge is 0.404 e. The van der Waals surface area contributed by atoms with Gasteiger partial charge in [0.15, 0.2) is 5.82 Å².